The molecule has 0 rings (SSSR count). The fourth-order valence-corrected chi connectivity index (χ4v) is 0.159. The first-order valence-corrected chi connectivity index (χ1v) is 1.86. The standard InChI is InChI=1S/C2H5N3O4/c6-1(4-8)3-2(7)5-9/h8-9H,(H3,3,4,5,6,7). The van der Waals surface area contributed by atoms with Gasteiger partial charge < -0.3 is 0 Å². The Kier molecular flexibility index (Phi) is 3.09. The number of amides is 4. The molecule has 0 fully saturated rings. The Morgan fingerprint density at radius 3 is 1.56 bits per heavy atom. The first-order chi connectivity index (χ1) is 4.20. The van der Waals surface area contributed by atoms with Crippen LogP contribution in [0.5, 0.6) is 0 Å². The molecule has 9 heavy (non-hydrogen) atoms. The van der Waals surface area contributed by atoms with E-state index in [1.54, 1.807) is 0 Å². The minimum Gasteiger partial charge on any atom is -0.287 e. The van der Waals surface area contributed by atoms with Gasteiger partial charge in [-0.05, 0) is 0 Å². The largest absolute Gasteiger partial charge is 0.346 e. The molecular formula is C2H5N3O4. The van der Waals surface area contributed by atoms with E-state index < -0.39 is 12.1 Å². The number of carbonyl (C=O) groups is 2. The number of hydrogen-bond donors (Lipinski definition) is 5. The molecular weight excluding hydrogens is 130 g/mol. The van der Waals surface area contributed by atoms with Crippen molar-refractivity contribution in [3.05, 3.63) is 0 Å². The van der Waals surface area contributed by atoms with E-state index in [1.165, 1.54) is 5.32 Å². The van der Waals surface area contributed by atoms with Crippen LogP contribution in [0.25, 0.3) is 0 Å². The quantitative estimate of drug-likeness (QED) is 0.211. The highest BCUT2D eigenvalue weighted by atomic mass is 16.5. The SMILES string of the molecule is O=C(NO)NC(=O)NO. The average molecular weight is 135 g/mol. The Morgan fingerprint density at radius 1 is 1.00 bits per heavy atom. The van der Waals surface area contributed by atoms with Gasteiger partial charge in [0.2, 0.25) is 0 Å². The van der Waals surface area contributed by atoms with Crippen LogP contribution in [0.1, 0.15) is 0 Å². The van der Waals surface area contributed by atoms with Crippen molar-refractivity contribution in [3.63, 3.8) is 0 Å². The Morgan fingerprint density at radius 2 is 1.33 bits per heavy atom. The van der Waals surface area contributed by atoms with Gasteiger partial charge in [-0.25, -0.2) is 20.5 Å². The zero-order valence-electron chi connectivity index (χ0n) is 4.21. The number of urea groups is 2. The maximum atomic E-state index is 9.94. The highest BCUT2D eigenvalue weighted by Crippen LogP contribution is 1.60. The highest BCUT2D eigenvalue weighted by molar-refractivity contribution is 5.92. The molecule has 0 radical (unpaired) electrons. The number of hydrogen-bond acceptors (Lipinski definition) is 4. The van der Waals surface area contributed by atoms with Crippen LogP contribution in [0.15, 0.2) is 0 Å². The van der Waals surface area contributed by atoms with E-state index >= 15 is 0 Å². The Bertz CT molecular complexity index is 109. The molecule has 0 aliphatic rings. The summed E-state index contributed by atoms with van der Waals surface area (Å²) in [6.07, 6.45) is 0. The van der Waals surface area contributed by atoms with Crippen LogP contribution in [0.3, 0.4) is 0 Å². The minimum absolute atomic E-state index is 1.11. The maximum Gasteiger partial charge on any atom is 0.346 e. The monoisotopic (exact) mass is 135 g/mol. The molecule has 0 atom stereocenters. The summed E-state index contributed by atoms with van der Waals surface area (Å²) in [7, 11) is 0. The van der Waals surface area contributed by atoms with E-state index in [4.69, 9.17) is 10.4 Å². The van der Waals surface area contributed by atoms with E-state index in [9.17, 15) is 9.59 Å². The van der Waals surface area contributed by atoms with Gasteiger partial charge in [0.15, 0.2) is 0 Å². The molecule has 52 valence electrons. The van der Waals surface area contributed by atoms with Gasteiger partial charge in [-0.15, -0.1) is 0 Å². The minimum atomic E-state index is -1.12. The summed E-state index contributed by atoms with van der Waals surface area (Å²) in [6, 6.07) is -2.25. The number of hydroxylamine groups is 2. The fraction of sp³-hybridized carbons (Fsp3) is 0. The van der Waals surface area contributed by atoms with E-state index in [2.05, 4.69) is 0 Å². The zero-order valence-corrected chi connectivity index (χ0v) is 4.21. The third-order valence-electron chi connectivity index (χ3n) is 0.430. The Labute approximate surface area is 49.6 Å². The molecule has 0 saturated carbocycles. The number of rotatable bonds is 0. The van der Waals surface area contributed by atoms with Crippen molar-refractivity contribution in [3.8, 4) is 0 Å². The summed E-state index contributed by atoms with van der Waals surface area (Å²) >= 11 is 0. The molecule has 7 heteroatoms. The summed E-state index contributed by atoms with van der Waals surface area (Å²) in [5.41, 5.74) is 2.22. The molecule has 0 aliphatic carbocycles. The van der Waals surface area contributed by atoms with Crippen molar-refractivity contribution in [2.75, 3.05) is 0 Å². The van der Waals surface area contributed by atoms with Gasteiger partial charge >= 0.3 is 12.1 Å². The van der Waals surface area contributed by atoms with E-state index in [1.807, 2.05) is 0 Å². The number of carbonyl (C=O) groups excluding carboxylic acids is 2. The smallest absolute Gasteiger partial charge is 0.287 e. The fourth-order valence-electron chi connectivity index (χ4n) is 0.159. The number of imide groups is 1. The maximum absolute atomic E-state index is 9.94. The normalized spacial score (nSPS) is 7.78. The van der Waals surface area contributed by atoms with Gasteiger partial charge in [0.25, 0.3) is 0 Å². The van der Waals surface area contributed by atoms with Crippen LogP contribution in [0.4, 0.5) is 9.59 Å². The molecule has 0 bridgehead atoms. The first-order valence-electron chi connectivity index (χ1n) is 1.86. The van der Waals surface area contributed by atoms with Gasteiger partial charge in [0.1, 0.15) is 0 Å². The van der Waals surface area contributed by atoms with E-state index in [0.29, 0.717) is 0 Å². The summed E-state index contributed by atoms with van der Waals surface area (Å²) in [4.78, 5) is 19.9. The van der Waals surface area contributed by atoms with Crippen LogP contribution < -0.4 is 16.3 Å². The lowest BCUT2D eigenvalue weighted by Crippen LogP contribution is -2.42. The molecule has 5 N–H and O–H groups in total. The van der Waals surface area contributed by atoms with Crippen LogP contribution in [-0.4, -0.2) is 22.5 Å². The molecule has 0 aromatic rings. The topological polar surface area (TPSA) is 111 Å². The third kappa shape index (κ3) is 3.26. The van der Waals surface area contributed by atoms with Crippen molar-refractivity contribution < 1.29 is 20.0 Å². The second kappa shape index (κ2) is 3.64. The van der Waals surface area contributed by atoms with Crippen molar-refractivity contribution in [2.45, 2.75) is 0 Å². The van der Waals surface area contributed by atoms with Crippen molar-refractivity contribution >= 4 is 12.1 Å². The van der Waals surface area contributed by atoms with Crippen molar-refractivity contribution in [2.24, 2.45) is 0 Å². The second-order valence-electron chi connectivity index (χ2n) is 1.01. The van der Waals surface area contributed by atoms with E-state index in [-0.39, 0.29) is 0 Å². The second-order valence-corrected chi connectivity index (χ2v) is 1.01. The molecule has 0 unspecified atom stereocenters. The van der Waals surface area contributed by atoms with Crippen LogP contribution >= 0.6 is 0 Å². The summed E-state index contributed by atoms with van der Waals surface area (Å²) in [5, 5.41) is 17.0. The molecule has 0 heterocycles. The van der Waals surface area contributed by atoms with Gasteiger partial charge in [0, 0.05) is 0 Å². The molecule has 0 aromatic carbocycles. The molecule has 4 amide bonds. The molecule has 0 saturated heterocycles. The van der Waals surface area contributed by atoms with Gasteiger partial charge in [-0.1, -0.05) is 0 Å². The molecule has 0 spiro atoms. The van der Waals surface area contributed by atoms with Crippen LogP contribution in [-0.2, 0) is 0 Å². The lowest BCUT2D eigenvalue weighted by atomic mass is 10.9. The Hall–Kier alpha value is -1.34. The third-order valence-corrected chi connectivity index (χ3v) is 0.430. The van der Waals surface area contributed by atoms with Crippen molar-refractivity contribution in [1.29, 1.82) is 0 Å². The first kappa shape index (κ1) is 7.66. The van der Waals surface area contributed by atoms with Gasteiger partial charge in [-0.2, -0.15) is 0 Å². The predicted molar refractivity (Wildman–Crippen MR) is 23.8 cm³/mol. The predicted octanol–water partition coefficient (Wildman–Crippen LogP) is -1.23. The molecule has 7 nitrogen and oxygen atoms in total. The lowest BCUT2D eigenvalue weighted by molar-refractivity contribution is 0.146. The van der Waals surface area contributed by atoms with Gasteiger partial charge in [-0.3, -0.25) is 15.7 Å². The lowest BCUT2D eigenvalue weighted by Gasteiger charge is -1.97. The van der Waals surface area contributed by atoms with Crippen molar-refractivity contribution in [1.82, 2.24) is 16.3 Å². The summed E-state index contributed by atoms with van der Waals surface area (Å²) in [6.45, 7) is 0. The summed E-state index contributed by atoms with van der Waals surface area (Å²) in [5.74, 6) is 0. The number of nitrogens with one attached hydrogen (secondary N) is 3. The zero-order chi connectivity index (χ0) is 7.28. The molecule has 0 aromatic heterocycles. The van der Waals surface area contributed by atoms with Crippen LogP contribution in [0, 0.1) is 0 Å². The van der Waals surface area contributed by atoms with Crippen LogP contribution in [0.2, 0.25) is 0 Å². The van der Waals surface area contributed by atoms with E-state index in [0.717, 1.165) is 11.0 Å². The summed E-state index contributed by atoms with van der Waals surface area (Å²) < 4.78 is 0. The average Bonchev–Trinajstić information content (AvgIpc) is 1.87. The van der Waals surface area contributed by atoms with Gasteiger partial charge in [0.05, 0.1) is 0 Å². The molecule has 0 aliphatic heterocycles. The highest BCUT2D eigenvalue weighted by Gasteiger charge is 2.01. The Balaban J connectivity index is 3.47.